The molecule has 0 fully saturated rings. The Morgan fingerprint density at radius 1 is 2.00 bits per heavy atom. The van der Waals surface area contributed by atoms with Crippen LogP contribution in [0.3, 0.4) is 0 Å². The standard InChI is InChI=1S/C8H8BrNO2S/c9-7-2-1-6(13-7)3-5(4-10)8(11)12/h1,5,7H,2-3H2,(H,11,12). The lowest BCUT2D eigenvalue weighted by atomic mass is 10.1. The molecule has 2 unspecified atom stereocenters. The van der Waals surface area contributed by atoms with Crippen molar-refractivity contribution in [2.75, 3.05) is 0 Å². The Balaban J connectivity index is 2.49. The molecule has 1 aliphatic heterocycles. The summed E-state index contributed by atoms with van der Waals surface area (Å²) in [7, 11) is 0. The summed E-state index contributed by atoms with van der Waals surface area (Å²) in [5.74, 6) is -1.95. The fourth-order valence-corrected chi connectivity index (χ4v) is 2.89. The Hall–Kier alpha value is -0.470. The highest BCUT2D eigenvalue weighted by molar-refractivity contribution is 9.11. The highest BCUT2D eigenvalue weighted by atomic mass is 79.9. The van der Waals surface area contributed by atoms with Crippen molar-refractivity contribution in [3.8, 4) is 6.07 Å². The van der Waals surface area contributed by atoms with Crippen LogP contribution in [0.25, 0.3) is 0 Å². The average Bonchev–Trinajstić information content (AvgIpc) is 2.46. The van der Waals surface area contributed by atoms with Crippen LogP contribution in [0.2, 0.25) is 0 Å². The van der Waals surface area contributed by atoms with Crippen LogP contribution in [0.15, 0.2) is 11.0 Å². The maximum Gasteiger partial charge on any atom is 0.321 e. The van der Waals surface area contributed by atoms with Gasteiger partial charge >= 0.3 is 5.97 Å². The molecule has 0 spiro atoms. The lowest BCUT2D eigenvalue weighted by molar-refractivity contribution is -0.139. The Kier molecular flexibility index (Phi) is 3.82. The van der Waals surface area contributed by atoms with E-state index >= 15 is 0 Å². The number of alkyl halides is 1. The van der Waals surface area contributed by atoms with Crippen LogP contribution in [0.5, 0.6) is 0 Å². The van der Waals surface area contributed by atoms with Crippen LogP contribution < -0.4 is 0 Å². The summed E-state index contributed by atoms with van der Waals surface area (Å²) in [6.45, 7) is 0. The zero-order valence-corrected chi connectivity index (χ0v) is 9.14. The number of carboxylic acid groups (broad SMARTS) is 1. The third-order valence-corrected chi connectivity index (χ3v) is 3.69. The third-order valence-electron chi connectivity index (χ3n) is 1.67. The Morgan fingerprint density at radius 3 is 3.08 bits per heavy atom. The van der Waals surface area contributed by atoms with Crippen LogP contribution in [0.1, 0.15) is 12.8 Å². The summed E-state index contributed by atoms with van der Waals surface area (Å²) in [6, 6.07) is 1.77. The van der Waals surface area contributed by atoms with Gasteiger partial charge in [0.25, 0.3) is 0 Å². The summed E-state index contributed by atoms with van der Waals surface area (Å²) < 4.78 is 0.343. The van der Waals surface area contributed by atoms with E-state index in [4.69, 9.17) is 10.4 Å². The first-order chi connectivity index (χ1) is 6.13. The second kappa shape index (κ2) is 4.68. The number of carbonyl (C=O) groups is 1. The molecule has 2 atom stereocenters. The van der Waals surface area contributed by atoms with Crippen molar-refractivity contribution in [2.45, 2.75) is 17.0 Å². The first-order valence-corrected chi connectivity index (χ1v) is 5.55. The zero-order chi connectivity index (χ0) is 9.84. The minimum absolute atomic E-state index is 0.332. The normalized spacial score (nSPS) is 23.4. The number of halogens is 1. The van der Waals surface area contributed by atoms with Crippen LogP contribution in [0, 0.1) is 17.2 Å². The maximum absolute atomic E-state index is 10.5. The molecule has 1 heterocycles. The van der Waals surface area contributed by atoms with E-state index in [1.807, 2.05) is 6.08 Å². The van der Waals surface area contributed by atoms with Gasteiger partial charge in [-0.3, -0.25) is 4.79 Å². The predicted molar refractivity (Wildman–Crippen MR) is 54.4 cm³/mol. The van der Waals surface area contributed by atoms with Gasteiger partial charge in [-0.25, -0.2) is 0 Å². The Morgan fingerprint density at radius 2 is 2.69 bits per heavy atom. The lowest BCUT2D eigenvalue weighted by Gasteiger charge is -2.04. The molecule has 0 radical (unpaired) electrons. The SMILES string of the molecule is N#CC(CC1=CCC(Br)S1)C(=O)O. The van der Waals surface area contributed by atoms with Gasteiger partial charge in [-0.1, -0.05) is 22.0 Å². The van der Waals surface area contributed by atoms with Crippen molar-refractivity contribution < 1.29 is 9.90 Å². The van der Waals surface area contributed by atoms with Gasteiger partial charge in [0.05, 0.1) is 10.2 Å². The van der Waals surface area contributed by atoms with E-state index < -0.39 is 11.9 Å². The van der Waals surface area contributed by atoms with Crippen LogP contribution in [0.4, 0.5) is 0 Å². The highest BCUT2D eigenvalue weighted by Crippen LogP contribution is 2.38. The minimum atomic E-state index is -1.04. The van der Waals surface area contributed by atoms with Crippen molar-refractivity contribution in [3.63, 3.8) is 0 Å². The number of nitriles is 1. The van der Waals surface area contributed by atoms with Gasteiger partial charge in [-0.2, -0.15) is 5.26 Å². The van der Waals surface area contributed by atoms with Crippen LogP contribution in [-0.2, 0) is 4.79 Å². The summed E-state index contributed by atoms with van der Waals surface area (Å²) in [5, 5.41) is 17.2. The molecule has 0 aromatic heterocycles. The molecule has 0 saturated carbocycles. The van der Waals surface area contributed by atoms with Crippen molar-refractivity contribution in [2.24, 2.45) is 5.92 Å². The molecule has 70 valence electrons. The molecule has 0 amide bonds. The van der Waals surface area contributed by atoms with E-state index in [2.05, 4.69) is 15.9 Å². The van der Waals surface area contributed by atoms with E-state index in [1.54, 1.807) is 17.8 Å². The summed E-state index contributed by atoms with van der Waals surface area (Å²) >= 11 is 5.00. The van der Waals surface area contributed by atoms with Crippen molar-refractivity contribution in [1.82, 2.24) is 0 Å². The summed E-state index contributed by atoms with van der Waals surface area (Å²) in [5.41, 5.74) is 0. The van der Waals surface area contributed by atoms with Gasteiger partial charge in [0.2, 0.25) is 0 Å². The first-order valence-electron chi connectivity index (χ1n) is 3.75. The number of rotatable bonds is 3. The van der Waals surface area contributed by atoms with Gasteiger partial charge in [-0.05, 0) is 11.3 Å². The number of hydrogen-bond donors (Lipinski definition) is 1. The van der Waals surface area contributed by atoms with Gasteiger partial charge in [-0.15, -0.1) is 11.8 Å². The molecule has 1 aliphatic rings. The average molecular weight is 262 g/mol. The number of allylic oxidation sites excluding steroid dienone is 2. The topological polar surface area (TPSA) is 61.1 Å². The number of aliphatic carboxylic acids is 1. The number of nitrogens with zero attached hydrogens (tertiary/aromatic N) is 1. The molecule has 1 N–H and O–H groups in total. The van der Waals surface area contributed by atoms with E-state index in [0.717, 1.165) is 11.3 Å². The van der Waals surface area contributed by atoms with E-state index in [-0.39, 0.29) is 0 Å². The summed E-state index contributed by atoms with van der Waals surface area (Å²) in [4.78, 5) is 11.5. The molecule has 5 heteroatoms. The third kappa shape index (κ3) is 3.05. The molecule has 3 nitrogen and oxygen atoms in total. The second-order valence-electron chi connectivity index (χ2n) is 2.66. The largest absolute Gasteiger partial charge is 0.480 e. The second-order valence-corrected chi connectivity index (χ2v) is 5.70. The minimum Gasteiger partial charge on any atom is -0.480 e. The van der Waals surface area contributed by atoms with Crippen molar-refractivity contribution in [3.05, 3.63) is 11.0 Å². The number of thioether (sulfide) groups is 1. The van der Waals surface area contributed by atoms with Crippen molar-refractivity contribution >= 4 is 33.7 Å². The molecule has 0 aromatic rings. The van der Waals surface area contributed by atoms with E-state index in [1.165, 1.54) is 0 Å². The molecule has 0 aromatic carbocycles. The Bertz CT molecular complexity index is 284. The summed E-state index contributed by atoms with van der Waals surface area (Å²) in [6.07, 6.45) is 3.22. The number of carboxylic acids is 1. The molecule has 1 rings (SSSR count). The molecular weight excluding hydrogens is 254 g/mol. The van der Waals surface area contributed by atoms with Crippen molar-refractivity contribution in [1.29, 1.82) is 5.26 Å². The fourth-order valence-electron chi connectivity index (χ4n) is 1.01. The number of hydrogen-bond acceptors (Lipinski definition) is 3. The van der Waals surface area contributed by atoms with E-state index in [9.17, 15) is 4.79 Å². The lowest BCUT2D eigenvalue weighted by Crippen LogP contribution is -2.11. The van der Waals surface area contributed by atoms with E-state index in [0.29, 0.717) is 10.6 Å². The molecular formula is C8H8BrNO2S. The molecule has 0 aliphatic carbocycles. The maximum atomic E-state index is 10.5. The van der Waals surface area contributed by atoms with Gasteiger partial charge in [0.15, 0.2) is 0 Å². The van der Waals surface area contributed by atoms with Crippen LogP contribution in [-0.4, -0.2) is 15.2 Å². The predicted octanol–water partition coefficient (Wildman–Crippen LogP) is 2.34. The monoisotopic (exact) mass is 261 g/mol. The Labute approximate surface area is 88.9 Å². The molecule has 0 saturated heterocycles. The van der Waals surface area contributed by atoms with Gasteiger partial charge in [0, 0.05) is 6.42 Å². The zero-order valence-electron chi connectivity index (χ0n) is 6.74. The molecule has 0 bridgehead atoms. The fraction of sp³-hybridized carbons (Fsp3) is 0.500. The molecule has 13 heavy (non-hydrogen) atoms. The van der Waals surface area contributed by atoms with Crippen LogP contribution >= 0.6 is 27.7 Å². The van der Waals surface area contributed by atoms with Gasteiger partial charge < -0.3 is 5.11 Å². The highest BCUT2D eigenvalue weighted by Gasteiger charge is 2.22. The van der Waals surface area contributed by atoms with Gasteiger partial charge in [0.1, 0.15) is 5.92 Å². The smallest absolute Gasteiger partial charge is 0.321 e. The first kappa shape index (κ1) is 10.6. The quantitative estimate of drug-likeness (QED) is 0.793.